The van der Waals surface area contributed by atoms with E-state index in [9.17, 15) is 10.5 Å². The fraction of sp³-hybridized carbons (Fsp3) is 0. The average Bonchev–Trinajstić information content (AvgIpc) is 1.46. The maximum absolute atomic E-state index is 13.0. The molecule has 21 rings (SSSR count). The van der Waals surface area contributed by atoms with E-state index in [1.54, 1.807) is 22.7 Å². The van der Waals surface area contributed by atoms with Gasteiger partial charge < -0.3 is 18.3 Å². The number of nitriles is 2. The molecule has 0 atom stereocenters. The van der Waals surface area contributed by atoms with Crippen LogP contribution in [0.25, 0.3) is 191 Å². The predicted molar refractivity (Wildman–Crippen MR) is 385 cm³/mol. The van der Waals surface area contributed by atoms with Gasteiger partial charge in [0.25, 0.3) is 0 Å². The first kappa shape index (κ1) is 49.0. The summed E-state index contributed by atoms with van der Waals surface area (Å²) in [5.74, 6) is 0. The van der Waals surface area contributed by atoms with Gasteiger partial charge in [-0.25, -0.2) is 0 Å². The highest BCUT2D eigenvalue weighted by Gasteiger charge is 2.37. The van der Waals surface area contributed by atoms with E-state index in [1.165, 1.54) is 40.3 Å². The lowest BCUT2D eigenvalue weighted by molar-refractivity contribution is 1.02. The number of para-hydroxylation sites is 4. The fourth-order valence-electron chi connectivity index (χ4n) is 15.6. The third kappa shape index (κ3) is 6.13. The molecule has 0 saturated heterocycles. The van der Waals surface area contributed by atoms with E-state index in [2.05, 4.69) is 273 Å². The van der Waals surface area contributed by atoms with Gasteiger partial charge in [-0.2, -0.15) is 10.5 Å². The molecule has 0 aliphatic heterocycles. The molecule has 0 bridgehead atoms. The van der Waals surface area contributed by atoms with Crippen molar-refractivity contribution in [3.8, 4) is 34.9 Å². The number of aromatic nitrogens is 4. The smallest absolute Gasteiger partial charge is 0.103 e. The second kappa shape index (κ2) is 17.8. The highest BCUT2D eigenvalue weighted by molar-refractivity contribution is 7.28. The van der Waals surface area contributed by atoms with Crippen LogP contribution in [0.1, 0.15) is 11.1 Å². The first-order valence-corrected chi connectivity index (χ1v) is 33.3. The van der Waals surface area contributed by atoms with Crippen molar-refractivity contribution in [2.75, 3.05) is 0 Å². The highest BCUT2D eigenvalue weighted by atomic mass is 32.1. The van der Waals surface area contributed by atoms with Crippen LogP contribution in [0.2, 0.25) is 0 Å². The summed E-state index contributed by atoms with van der Waals surface area (Å²) < 4.78 is 19.1. The molecule has 0 unspecified atom stereocenters. The van der Waals surface area contributed by atoms with Crippen molar-refractivity contribution in [1.29, 1.82) is 10.5 Å². The van der Waals surface area contributed by atoms with E-state index in [0.717, 1.165) is 139 Å². The van der Waals surface area contributed by atoms with Crippen molar-refractivity contribution in [2.45, 2.75) is 0 Å². The minimum atomic E-state index is 0.281. The van der Waals surface area contributed by atoms with Crippen LogP contribution in [-0.2, 0) is 0 Å². The van der Waals surface area contributed by atoms with Crippen LogP contribution in [0.3, 0.4) is 0 Å². The summed E-state index contributed by atoms with van der Waals surface area (Å²) in [6.07, 6.45) is 0. The number of thiophene rings is 4. The highest BCUT2D eigenvalue weighted by Crippen LogP contribution is 2.55. The van der Waals surface area contributed by atoms with E-state index in [0.29, 0.717) is 11.4 Å². The predicted octanol–water partition coefficient (Wildman–Crippen LogP) is 23.3. The minimum absolute atomic E-state index is 0.281. The Bertz CT molecular complexity index is 6530. The quantitative estimate of drug-likeness (QED) is 0.176. The largest absolute Gasteiger partial charge is 0.304 e. The first-order chi connectivity index (χ1) is 44.6. The van der Waals surface area contributed by atoms with E-state index in [-0.39, 0.29) is 11.1 Å². The number of hydrogen-bond donors (Lipinski definition) is 0. The number of rotatable bonds is 4. The van der Waals surface area contributed by atoms with Gasteiger partial charge in [0.15, 0.2) is 0 Å². The van der Waals surface area contributed by atoms with Crippen molar-refractivity contribution in [3.05, 3.63) is 254 Å². The first-order valence-electron chi connectivity index (χ1n) is 30.0. The zero-order valence-electron chi connectivity index (χ0n) is 47.4. The number of hydrogen-bond acceptors (Lipinski definition) is 6. The molecule has 0 saturated carbocycles. The molecule has 0 amide bonds. The molecular weight excluding hydrogens is 1170 g/mol. The fourth-order valence-corrected chi connectivity index (χ4v) is 20.6. The van der Waals surface area contributed by atoms with Crippen molar-refractivity contribution in [3.63, 3.8) is 0 Å². The van der Waals surface area contributed by atoms with Crippen molar-refractivity contribution in [2.24, 2.45) is 0 Å². The molecule has 0 aliphatic carbocycles. The lowest BCUT2D eigenvalue weighted by atomic mass is 9.98. The number of benzene rings is 13. The summed E-state index contributed by atoms with van der Waals surface area (Å²) >= 11 is 7.20. The molecule has 90 heavy (non-hydrogen) atoms. The Balaban J connectivity index is 1.12. The van der Waals surface area contributed by atoms with Crippen molar-refractivity contribution in [1.82, 2.24) is 18.3 Å². The Hall–Kier alpha value is -11.1. The maximum Gasteiger partial charge on any atom is 0.103 e. The van der Waals surface area contributed by atoms with Gasteiger partial charge in [0.1, 0.15) is 12.1 Å². The van der Waals surface area contributed by atoms with Gasteiger partial charge in [0, 0.05) is 105 Å². The second-order valence-corrected chi connectivity index (χ2v) is 27.7. The minimum Gasteiger partial charge on any atom is -0.304 e. The molecule has 6 nitrogen and oxygen atoms in total. The summed E-state index contributed by atoms with van der Waals surface area (Å²) in [6.45, 7) is 0. The summed E-state index contributed by atoms with van der Waals surface area (Å²) in [5, 5.41) is 43.9. The Kier molecular flexibility index (Phi) is 9.69. The zero-order chi connectivity index (χ0) is 58.8. The van der Waals surface area contributed by atoms with Crippen LogP contribution in [-0.4, -0.2) is 18.3 Å². The zero-order valence-corrected chi connectivity index (χ0v) is 50.7. The van der Waals surface area contributed by atoms with E-state index in [1.807, 2.05) is 22.7 Å². The topological polar surface area (TPSA) is 67.3 Å². The molecule has 0 fully saturated rings. The Morgan fingerprint density at radius 3 is 0.678 bits per heavy atom. The molecule has 414 valence electrons. The van der Waals surface area contributed by atoms with Crippen LogP contribution in [0.4, 0.5) is 0 Å². The van der Waals surface area contributed by atoms with Crippen LogP contribution < -0.4 is 0 Å². The monoisotopic (exact) mass is 1210 g/mol. The third-order valence-corrected chi connectivity index (χ3v) is 24.0. The number of nitrogens with zero attached hydrogens (tertiary/aromatic N) is 6. The molecule has 8 aromatic heterocycles. The second-order valence-electron chi connectivity index (χ2n) is 23.5. The third-order valence-electron chi connectivity index (χ3n) is 19.2. The molecule has 13 aromatic carbocycles. The summed E-state index contributed by atoms with van der Waals surface area (Å²) in [7, 11) is 0. The van der Waals surface area contributed by atoms with Gasteiger partial charge in [-0.05, 0) is 48.5 Å². The molecular formula is C80H40N6S4. The summed E-state index contributed by atoms with van der Waals surface area (Å²) in [6, 6.07) is 94.2. The van der Waals surface area contributed by atoms with Gasteiger partial charge in [0.2, 0.25) is 0 Å². The molecule has 0 N–H and O–H groups in total. The van der Waals surface area contributed by atoms with Gasteiger partial charge in [-0.15, -0.1) is 45.3 Å². The molecule has 10 heteroatoms. The lowest BCUT2D eigenvalue weighted by Crippen LogP contribution is -2.17. The Morgan fingerprint density at radius 1 is 0.211 bits per heavy atom. The SMILES string of the molecule is N#Cc1c(C#N)c(-n2c3ccccc3c3ccc4c5ccccc5sc4c32)c(-n2c3ccccc3c3ccc4c5ccccc5sc4c32)c(-n2c3ccccc3c3ccc4c5ccccc5sc4c32)c1-n1c2ccccc2c2ccc3c4ccccc4sc3c21. The van der Waals surface area contributed by atoms with Crippen LogP contribution in [0, 0.1) is 22.7 Å². The standard InChI is InChI=1S/C80H40N6S4/c81-41-59-60(42-82)70(84-62-26-10-2-18-44(62)52-34-38-56-48-22-6-14-30-66(48)88-78(56)72(52)84)76(86-64-28-12-4-20-46(64)54-36-40-58-50-24-8-16-32-68(50)90-80(58)74(54)86)75(85-63-27-11-3-19-45(63)53-35-39-57-49-23-7-15-31-67(49)89-79(57)73(53)85)69(59)83-61-25-9-1-17-43(61)51-33-37-55-47-21-5-13-29-65(47)87-77(55)71(51)83/h1-40H. The summed E-state index contributed by atoms with van der Waals surface area (Å²) in [4.78, 5) is 0. The van der Waals surface area contributed by atoms with Gasteiger partial charge in [-0.3, -0.25) is 0 Å². The van der Waals surface area contributed by atoms with Crippen LogP contribution in [0.5, 0.6) is 0 Å². The molecule has 21 aromatic rings. The molecule has 0 aliphatic rings. The van der Waals surface area contributed by atoms with Gasteiger partial charge in [-0.1, -0.05) is 194 Å². The van der Waals surface area contributed by atoms with Crippen molar-refractivity contribution >= 4 is 213 Å². The van der Waals surface area contributed by atoms with Crippen LogP contribution >= 0.6 is 45.3 Å². The van der Waals surface area contributed by atoms with Gasteiger partial charge >= 0.3 is 0 Å². The van der Waals surface area contributed by atoms with E-state index in [4.69, 9.17) is 0 Å². The Morgan fingerprint density at radius 2 is 0.422 bits per heavy atom. The lowest BCUT2D eigenvalue weighted by Gasteiger charge is -2.28. The van der Waals surface area contributed by atoms with Gasteiger partial charge in [0.05, 0.1) is 96.8 Å². The average molecular weight is 1210 g/mol. The molecule has 8 heterocycles. The van der Waals surface area contributed by atoms with E-state index >= 15 is 0 Å². The molecule has 0 spiro atoms. The normalized spacial score (nSPS) is 12.4. The van der Waals surface area contributed by atoms with Crippen molar-refractivity contribution < 1.29 is 0 Å². The summed E-state index contributed by atoms with van der Waals surface area (Å²) in [5.41, 5.74) is 11.3. The molecule has 0 radical (unpaired) electrons. The number of fused-ring (bicyclic) bond motifs is 28. The van der Waals surface area contributed by atoms with E-state index < -0.39 is 0 Å². The Labute approximate surface area is 526 Å². The van der Waals surface area contributed by atoms with Crippen LogP contribution in [0.15, 0.2) is 243 Å². The maximum atomic E-state index is 13.0.